The van der Waals surface area contributed by atoms with Gasteiger partial charge in [0.1, 0.15) is 12.4 Å². The Kier molecular flexibility index (Phi) is 3.29. The number of aliphatic hydroxyl groups is 1. The molecule has 0 spiro atoms. The fourth-order valence-corrected chi connectivity index (χ4v) is 0.769. The zero-order valence-corrected chi connectivity index (χ0v) is 7.67. The van der Waals surface area contributed by atoms with Gasteiger partial charge in [0.2, 0.25) is 0 Å². The van der Waals surface area contributed by atoms with Gasteiger partial charge in [-0.3, -0.25) is 0 Å². The summed E-state index contributed by atoms with van der Waals surface area (Å²) >= 11 is 0. The van der Waals surface area contributed by atoms with Crippen molar-refractivity contribution in [2.75, 3.05) is 18.5 Å². The van der Waals surface area contributed by atoms with E-state index in [2.05, 4.69) is 15.5 Å². The van der Waals surface area contributed by atoms with E-state index in [0.29, 0.717) is 5.69 Å². The summed E-state index contributed by atoms with van der Waals surface area (Å²) in [5.74, 6) is -2.87. The van der Waals surface area contributed by atoms with Gasteiger partial charge in [0.05, 0.1) is 12.2 Å². The molecule has 14 heavy (non-hydrogen) atoms. The van der Waals surface area contributed by atoms with E-state index < -0.39 is 19.1 Å². The second kappa shape index (κ2) is 4.28. The highest BCUT2D eigenvalue weighted by molar-refractivity contribution is 5.32. The van der Waals surface area contributed by atoms with Crippen LogP contribution in [0.25, 0.3) is 0 Å². The molecule has 2 N–H and O–H groups in total. The number of aromatic nitrogens is 2. The molecule has 0 aliphatic rings. The normalized spacial score (nSPS) is 11.4. The summed E-state index contributed by atoms with van der Waals surface area (Å²) in [4.78, 5) is 0. The maximum Gasteiger partial charge on any atom is 0.287 e. The molecule has 0 saturated carbocycles. The van der Waals surface area contributed by atoms with Crippen molar-refractivity contribution in [2.45, 2.75) is 12.8 Å². The second-order valence-corrected chi connectivity index (χ2v) is 2.93. The average Bonchev–Trinajstić information content (AvgIpc) is 2.17. The smallest absolute Gasteiger partial charge is 0.287 e. The van der Waals surface area contributed by atoms with Crippen molar-refractivity contribution >= 4 is 5.82 Å². The predicted molar refractivity (Wildman–Crippen MR) is 47.3 cm³/mol. The van der Waals surface area contributed by atoms with Crippen LogP contribution in [0, 0.1) is 6.92 Å². The predicted octanol–water partition coefficient (Wildman–Crippen LogP) is 0.825. The quantitative estimate of drug-likeness (QED) is 0.760. The minimum Gasteiger partial charge on any atom is -0.390 e. The maximum atomic E-state index is 12.6. The summed E-state index contributed by atoms with van der Waals surface area (Å²) in [5.41, 5.74) is 0.712. The standard InChI is InChI=1S/C8H11F2N3O/c1-6-2-3-7(13-12-6)11-4-8(9,10)5-14/h2-3,14H,4-5H2,1H3,(H,11,13). The molecule has 1 rings (SSSR count). The molecule has 0 aliphatic heterocycles. The molecule has 0 radical (unpaired) electrons. The Labute approximate surface area is 80.0 Å². The number of hydrogen-bond acceptors (Lipinski definition) is 4. The van der Waals surface area contributed by atoms with Gasteiger partial charge in [-0.05, 0) is 19.1 Å². The van der Waals surface area contributed by atoms with Crippen molar-refractivity contribution in [1.29, 1.82) is 0 Å². The molecule has 1 aromatic heterocycles. The number of anilines is 1. The van der Waals surface area contributed by atoms with Gasteiger partial charge in [0.25, 0.3) is 5.92 Å². The number of nitrogens with one attached hydrogen (secondary N) is 1. The van der Waals surface area contributed by atoms with E-state index in [9.17, 15) is 8.78 Å². The van der Waals surface area contributed by atoms with Crippen LogP contribution in [-0.2, 0) is 0 Å². The summed E-state index contributed by atoms with van der Waals surface area (Å²) in [6, 6.07) is 3.21. The third-order valence-corrected chi connectivity index (χ3v) is 1.56. The number of nitrogens with zero attached hydrogens (tertiary/aromatic N) is 2. The molecule has 0 aromatic carbocycles. The molecule has 0 unspecified atom stereocenters. The number of aliphatic hydroxyl groups excluding tert-OH is 1. The SMILES string of the molecule is Cc1ccc(NCC(F)(F)CO)nn1. The van der Waals surface area contributed by atoms with E-state index in [4.69, 9.17) is 5.11 Å². The number of halogens is 2. The van der Waals surface area contributed by atoms with Gasteiger partial charge in [0, 0.05) is 0 Å². The summed E-state index contributed by atoms with van der Waals surface area (Å²) in [7, 11) is 0. The molecular weight excluding hydrogens is 192 g/mol. The Balaban J connectivity index is 2.50. The van der Waals surface area contributed by atoms with Gasteiger partial charge in [-0.15, -0.1) is 5.10 Å². The lowest BCUT2D eigenvalue weighted by Gasteiger charge is -2.13. The molecule has 0 amide bonds. The number of alkyl halides is 2. The fraction of sp³-hybridized carbons (Fsp3) is 0.500. The van der Waals surface area contributed by atoms with E-state index in [-0.39, 0.29) is 5.82 Å². The van der Waals surface area contributed by atoms with Gasteiger partial charge in [-0.25, -0.2) is 8.78 Å². The first kappa shape index (κ1) is 10.8. The molecule has 4 nitrogen and oxygen atoms in total. The van der Waals surface area contributed by atoms with Crippen LogP contribution in [-0.4, -0.2) is 34.4 Å². The molecule has 0 bridgehead atoms. The summed E-state index contributed by atoms with van der Waals surface area (Å²) in [6.45, 7) is -0.0837. The topological polar surface area (TPSA) is 58.0 Å². The minimum atomic E-state index is -3.13. The maximum absolute atomic E-state index is 12.6. The first-order chi connectivity index (χ1) is 6.53. The van der Waals surface area contributed by atoms with Gasteiger partial charge < -0.3 is 10.4 Å². The Morgan fingerprint density at radius 1 is 1.43 bits per heavy atom. The number of hydrogen-bond donors (Lipinski definition) is 2. The van der Waals surface area contributed by atoms with E-state index in [1.807, 2.05) is 0 Å². The molecule has 0 fully saturated rings. The van der Waals surface area contributed by atoms with Crippen molar-refractivity contribution in [3.05, 3.63) is 17.8 Å². The zero-order valence-electron chi connectivity index (χ0n) is 7.67. The fourth-order valence-electron chi connectivity index (χ4n) is 0.769. The Morgan fingerprint density at radius 2 is 2.14 bits per heavy atom. The largest absolute Gasteiger partial charge is 0.390 e. The van der Waals surface area contributed by atoms with Gasteiger partial charge in [-0.2, -0.15) is 5.10 Å². The molecule has 0 aliphatic carbocycles. The highest BCUT2D eigenvalue weighted by Crippen LogP contribution is 2.12. The highest BCUT2D eigenvalue weighted by Gasteiger charge is 2.27. The lowest BCUT2D eigenvalue weighted by atomic mass is 10.3. The summed E-state index contributed by atoms with van der Waals surface area (Å²) < 4.78 is 25.1. The Bertz CT molecular complexity index is 289. The van der Waals surface area contributed by atoms with Crippen LogP contribution in [0.5, 0.6) is 0 Å². The van der Waals surface area contributed by atoms with Crippen LogP contribution in [0.1, 0.15) is 5.69 Å². The zero-order chi connectivity index (χ0) is 10.6. The van der Waals surface area contributed by atoms with Crippen molar-refractivity contribution in [3.63, 3.8) is 0 Å². The monoisotopic (exact) mass is 203 g/mol. The first-order valence-electron chi connectivity index (χ1n) is 4.06. The molecule has 1 aromatic rings. The molecule has 78 valence electrons. The van der Waals surface area contributed by atoms with Crippen LogP contribution < -0.4 is 5.32 Å². The summed E-state index contributed by atoms with van der Waals surface area (Å²) in [6.07, 6.45) is 0. The first-order valence-corrected chi connectivity index (χ1v) is 4.06. The van der Waals surface area contributed by atoms with Crippen LogP contribution in [0.3, 0.4) is 0 Å². The Morgan fingerprint density at radius 3 is 2.64 bits per heavy atom. The minimum absolute atomic E-state index is 0.267. The second-order valence-electron chi connectivity index (χ2n) is 2.93. The van der Waals surface area contributed by atoms with Crippen molar-refractivity contribution in [2.24, 2.45) is 0 Å². The van der Waals surface area contributed by atoms with Crippen LogP contribution in [0.2, 0.25) is 0 Å². The van der Waals surface area contributed by atoms with E-state index in [1.54, 1.807) is 19.1 Å². The molecule has 1 heterocycles. The van der Waals surface area contributed by atoms with Crippen molar-refractivity contribution in [1.82, 2.24) is 10.2 Å². The van der Waals surface area contributed by atoms with Crippen LogP contribution in [0.15, 0.2) is 12.1 Å². The number of aryl methyl sites for hydroxylation is 1. The third kappa shape index (κ3) is 3.21. The third-order valence-electron chi connectivity index (χ3n) is 1.56. The van der Waals surface area contributed by atoms with Gasteiger partial charge in [0.15, 0.2) is 0 Å². The Hall–Kier alpha value is -1.30. The van der Waals surface area contributed by atoms with Gasteiger partial charge >= 0.3 is 0 Å². The highest BCUT2D eigenvalue weighted by atomic mass is 19.3. The lowest BCUT2D eigenvalue weighted by molar-refractivity contribution is -0.0373. The molecular formula is C8H11F2N3O. The number of rotatable bonds is 4. The lowest BCUT2D eigenvalue weighted by Crippen LogP contribution is -2.31. The van der Waals surface area contributed by atoms with Crippen molar-refractivity contribution in [3.8, 4) is 0 Å². The van der Waals surface area contributed by atoms with Crippen LogP contribution in [0.4, 0.5) is 14.6 Å². The van der Waals surface area contributed by atoms with E-state index in [0.717, 1.165) is 0 Å². The van der Waals surface area contributed by atoms with Crippen molar-refractivity contribution < 1.29 is 13.9 Å². The van der Waals surface area contributed by atoms with Gasteiger partial charge in [-0.1, -0.05) is 0 Å². The molecule has 0 saturated heterocycles. The molecule has 6 heteroatoms. The van der Waals surface area contributed by atoms with E-state index >= 15 is 0 Å². The van der Waals surface area contributed by atoms with E-state index in [1.165, 1.54) is 0 Å². The van der Waals surface area contributed by atoms with Crippen LogP contribution >= 0.6 is 0 Å². The summed E-state index contributed by atoms with van der Waals surface area (Å²) in [5, 5.41) is 18.0. The molecule has 0 atom stereocenters. The average molecular weight is 203 g/mol.